The highest BCUT2D eigenvalue weighted by atomic mass is 35.5. The summed E-state index contributed by atoms with van der Waals surface area (Å²) < 4.78 is 26.7. The van der Waals surface area contributed by atoms with Crippen LogP contribution in [0.15, 0.2) is 67.0 Å². The molecular weight excluding hydrogens is 689 g/mol. The molecule has 0 aliphatic carbocycles. The molecule has 0 fully saturated rings. The molecule has 2 N–H and O–H groups in total. The Labute approximate surface area is 297 Å². The number of benzene rings is 2. The molecule has 2 aromatic heterocycles. The maximum absolute atomic E-state index is 12.9. The Kier molecular flexibility index (Phi) is 13.8. The van der Waals surface area contributed by atoms with Crippen LogP contribution in [0, 0.1) is 0 Å². The van der Waals surface area contributed by atoms with Crippen LogP contribution in [0.3, 0.4) is 0 Å². The highest BCUT2D eigenvalue weighted by Crippen LogP contribution is 2.29. The standard InChI is InChI=1S/C33H41Cl2N9O4S/c1-5-22-49(46,47)44(21-7-17-37-31-38-18-14-29(40-31)24-8-11-26(12-9-24)42(2)3)48-33(45)43(4)20-6-16-36-32-39-19-15-30(41-32)27-13-10-25(34)23-28(27)35/h8-15,18-19,23H,5-7,16-17,20-22H2,1-4H3,(H,36,39,41)(H,37,38,40). The second-order valence-electron chi connectivity index (χ2n) is 11.3. The molecule has 49 heavy (non-hydrogen) atoms. The van der Waals surface area contributed by atoms with Crippen molar-refractivity contribution in [3.8, 4) is 22.5 Å². The molecule has 0 radical (unpaired) electrons. The van der Waals surface area contributed by atoms with Gasteiger partial charge in [0.15, 0.2) is 0 Å². The lowest BCUT2D eigenvalue weighted by Crippen LogP contribution is -2.41. The van der Waals surface area contributed by atoms with E-state index in [2.05, 4.69) is 30.6 Å². The molecule has 0 saturated carbocycles. The van der Waals surface area contributed by atoms with Gasteiger partial charge in [0.25, 0.3) is 0 Å². The number of sulfonamides is 1. The Morgan fingerprint density at radius 3 is 2.06 bits per heavy atom. The van der Waals surface area contributed by atoms with E-state index >= 15 is 0 Å². The van der Waals surface area contributed by atoms with Gasteiger partial charge in [0.2, 0.25) is 21.9 Å². The zero-order valence-electron chi connectivity index (χ0n) is 27.9. The monoisotopic (exact) mass is 729 g/mol. The minimum absolute atomic E-state index is 0.0343. The first-order valence-corrected chi connectivity index (χ1v) is 18.1. The minimum atomic E-state index is -3.84. The number of carbonyl (C=O) groups excluding carboxylic acids is 1. The van der Waals surface area contributed by atoms with E-state index in [-0.39, 0.29) is 12.3 Å². The molecule has 2 heterocycles. The fourth-order valence-electron chi connectivity index (χ4n) is 4.60. The summed E-state index contributed by atoms with van der Waals surface area (Å²) >= 11 is 12.3. The van der Waals surface area contributed by atoms with Gasteiger partial charge in [-0.3, -0.25) is 0 Å². The molecule has 0 spiro atoms. The maximum atomic E-state index is 12.9. The topological polar surface area (TPSA) is 146 Å². The molecule has 13 nitrogen and oxygen atoms in total. The van der Waals surface area contributed by atoms with Crippen LogP contribution in [-0.4, -0.2) is 96.9 Å². The molecule has 0 unspecified atom stereocenters. The maximum Gasteiger partial charge on any atom is 0.429 e. The molecule has 262 valence electrons. The first kappa shape index (κ1) is 37.6. The summed E-state index contributed by atoms with van der Waals surface area (Å²) in [7, 11) is 1.67. The van der Waals surface area contributed by atoms with Gasteiger partial charge in [-0.05, 0) is 66.2 Å². The number of anilines is 3. The van der Waals surface area contributed by atoms with Crippen LogP contribution in [-0.2, 0) is 14.9 Å². The fraction of sp³-hybridized carbons (Fsp3) is 0.364. The number of halogens is 2. The molecular formula is C33H41Cl2N9O4S. The Hall–Kier alpha value is -4.24. The SMILES string of the molecule is CCCS(=O)(=O)N(CCCNc1nccc(-c2ccc(N(C)C)cc2)n1)OC(=O)N(C)CCCNc1nccc(-c2ccc(Cl)cc2Cl)n1. The third-order valence-corrected chi connectivity index (χ3v) is 9.57. The molecule has 0 aliphatic rings. The van der Waals surface area contributed by atoms with Gasteiger partial charge < -0.3 is 25.3 Å². The lowest BCUT2D eigenvalue weighted by Gasteiger charge is -2.24. The van der Waals surface area contributed by atoms with Gasteiger partial charge in [-0.25, -0.2) is 33.1 Å². The summed E-state index contributed by atoms with van der Waals surface area (Å²) in [6.45, 7) is 2.81. The number of hydroxylamine groups is 1. The Balaban J connectivity index is 1.26. The van der Waals surface area contributed by atoms with Crippen LogP contribution < -0.4 is 15.5 Å². The number of amides is 1. The van der Waals surface area contributed by atoms with Crippen LogP contribution >= 0.6 is 23.2 Å². The van der Waals surface area contributed by atoms with Crippen molar-refractivity contribution in [2.75, 3.05) is 68.6 Å². The number of hydrogen-bond acceptors (Lipinski definition) is 11. The minimum Gasteiger partial charge on any atom is -0.378 e. The van der Waals surface area contributed by atoms with Crippen LogP contribution in [0.4, 0.5) is 22.4 Å². The summed E-state index contributed by atoms with van der Waals surface area (Å²) in [4.78, 5) is 39.2. The molecule has 2 aromatic carbocycles. The Morgan fingerprint density at radius 2 is 1.45 bits per heavy atom. The smallest absolute Gasteiger partial charge is 0.378 e. The van der Waals surface area contributed by atoms with Crippen molar-refractivity contribution < 1.29 is 18.0 Å². The molecule has 0 aliphatic heterocycles. The van der Waals surface area contributed by atoms with Crippen molar-refractivity contribution in [1.82, 2.24) is 29.3 Å². The van der Waals surface area contributed by atoms with Gasteiger partial charge in [-0.1, -0.05) is 42.3 Å². The summed E-state index contributed by atoms with van der Waals surface area (Å²) in [6, 6.07) is 16.8. The number of rotatable bonds is 17. The second kappa shape index (κ2) is 18.0. The van der Waals surface area contributed by atoms with Crippen molar-refractivity contribution in [2.24, 2.45) is 0 Å². The molecule has 0 bridgehead atoms. The lowest BCUT2D eigenvalue weighted by atomic mass is 10.1. The van der Waals surface area contributed by atoms with Gasteiger partial charge >= 0.3 is 6.09 Å². The average molecular weight is 731 g/mol. The summed E-state index contributed by atoms with van der Waals surface area (Å²) in [6.07, 6.45) is 3.74. The van der Waals surface area contributed by atoms with Crippen LogP contribution in [0.25, 0.3) is 22.5 Å². The Bertz CT molecular complexity index is 1800. The van der Waals surface area contributed by atoms with Crippen LogP contribution in [0.1, 0.15) is 26.2 Å². The number of hydrogen-bond donors (Lipinski definition) is 2. The highest BCUT2D eigenvalue weighted by Gasteiger charge is 2.26. The van der Waals surface area contributed by atoms with E-state index in [0.717, 1.165) is 27.0 Å². The third-order valence-electron chi connectivity index (χ3n) is 7.22. The molecule has 0 atom stereocenters. The quantitative estimate of drug-likeness (QED) is 0.0932. The number of carbonyl (C=O) groups is 1. The van der Waals surface area contributed by atoms with Crippen molar-refractivity contribution in [3.63, 3.8) is 0 Å². The van der Waals surface area contributed by atoms with Crippen molar-refractivity contribution in [3.05, 3.63) is 77.0 Å². The van der Waals surface area contributed by atoms with Crippen LogP contribution in [0.5, 0.6) is 0 Å². The molecule has 4 rings (SSSR count). The lowest BCUT2D eigenvalue weighted by molar-refractivity contribution is -0.0378. The van der Waals surface area contributed by atoms with Crippen LogP contribution in [0.2, 0.25) is 10.0 Å². The highest BCUT2D eigenvalue weighted by molar-refractivity contribution is 7.88. The fourth-order valence-corrected chi connectivity index (χ4v) is 6.41. The van der Waals surface area contributed by atoms with Gasteiger partial charge in [-0.2, -0.15) is 0 Å². The van der Waals surface area contributed by atoms with E-state index in [4.69, 9.17) is 28.0 Å². The predicted molar refractivity (Wildman–Crippen MR) is 195 cm³/mol. The predicted octanol–water partition coefficient (Wildman–Crippen LogP) is 6.30. The van der Waals surface area contributed by atoms with Gasteiger partial charge in [0.1, 0.15) is 0 Å². The Morgan fingerprint density at radius 1 is 0.837 bits per heavy atom. The summed E-state index contributed by atoms with van der Waals surface area (Å²) in [5.74, 6) is 0.655. The zero-order valence-corrected chi connectivity index (χ0v) is 30.3. The average Bonchev–Trinajstić information content (AvgIpc) is 3.08. The number of aromatic nitrogens is 4. The zero-order chi connectivity index (χ0) is 35.4. The van der Waals surface area contributed by atoms with Crippen molar-refractivity contribution in [2.45, 2.75) is 26.2 Å². The first-order valence-electron chi connectivity index (χ1n) is 15.8. The van der Waals surface area contributed by atoms with E-state index in [1.807, 2.05) is 49.3 Å². The van der Waals surface area contributed by atoms with Crippen molar-refractivity contribution >= 4 is 56.9 Å². The molecule has 16 heteroatoms. The van der Waals surface area contributed by atoms with Crippen molar-refractivity contribution in [1.29, 1.82) is 0 Å². The van der Waals surface area contributed by atoms with Gasteiger partial charge in [0, 0.05) is 75.0 Å². The van der Waals surface area contributed by atoms with E-state index in [0.29, 0.717) is 66.5 Å². The molecule has 0 saturated heterocycles. The van der Waals surface area contributed by atoms with Gasteiger partial charge in [-0.15, -0.1) is 0 Å². The van der Waals surface area contributed by atoms with E-state index in [1.54, 1.807) is 50.6 Å². The van der Waals surface area contributed by atoms with E-state index in [1.165, 1.54) is 4.90 Å². The number of nitrogens with zero attached hydrogens (tertiary/aromatic N) is 7. The summed E-state index contributed by atoms with van der Waals surface area (Å²) in [5, 5.41) is 7.27. The largest absolute Gasteiger partial charge is 0.429 e. The summed E-state index contributed by atoms with van der Waals surface area (Å²) in [5.41, 5.74) is 4.14. The third kappa shape index (κ3) is 11.1. The normalized spacial score (nSPS) is 11.3. The van der Waals surface area contributed by atoms with Gasteiger partial charge in [0.05, 0.1) is 28.7 Å². The first-order chi connectivity index (χ1) is 23.5. The number of nitrogens with one attached hydrogen (secondary N) is 2. The molecule has 1 amide bonds. The molecule has 4 aromatic rings. The van der Waals surface area contributed by atoms with E-state index in [9.17, 15) is 13.2 Å². The second-order valence-corrected chi connectivity index (χ2v) is 14.1. The van der Waals surface area contributed by atoms with E-state index < -0.39 is 16.1 Å².